The van der Waals surface area contributed by atoms with Gasteiger partial charge in [0.25, 0.3) is 0 Å². The predicted molar refractivity (Wildman–Crippen MR) is 46.1 cm³/mol. The topological polar surface area (TPSA) is 36.1 Å². The van der Waals surface area contributed by atoms with Crippen LogP contribution in [0.25, 0.3) is 0 Å². The van der Waals surface area contributed by atoms with Gasteiger partial charge in [-0.2, -0.15) is 5.26 Å². The SMILES string of the molecule is CC1=NCC(Cl)(C#N)C(Cl)=C1. The van der Waals surface area contributed by atoms with Crippen LogP contribution in [0.15, 0.2) is 16.1 Å². The molecule has 0 saturated heterocycles. The zero-order valence-corrected chi connectivity index (χ0v) is 7.45. The summed E-state index contributed by atoms with van der Waals surface area (Å²) in [5.74, 6) is 0. The maximum Gasteiger partial charge on any atom is 0.185 e. The maximum absolute atomic E-state index is 8.63. The number of hydrogen-bond donors (Lipinski definition) is 0. The number of dihydropyridines is 1. The van der Waals surface area contributed by atoms with E-state index in [2.05, 4.69) is 4.99 Å². The highest BCUT2D eigenvalue weighted by molar-refractivity contribution is 6.42. The third-order valence-electron chi connectivity index (χ3n) is 1.44. The molecule has 1 aliphatic heterocycles. The van der Waals surface area contributed by atoms with Gasteiger partial charge in [0.15, 0.2) is 4.87 Å². The van der Waals surface area contributed by atoms with Crippen molar-refractivity contribution in [1.29, 1.82) is 5.26 Å². The first-order valence-electron chi connectivity index (χ1n) is 3.07. The Labute approximate surface area is 75.1 Å². The van der Waals surface area contributed by atoms with E-state index in [0.29, 0.717) is 5.03 Å². The lowest BCUT2D eigenvalue weighted by atomic mass is 10.1. The van der Waals surface area contributed by atoms with Crippen molar-refractivity contribution in [3.05, 3.63) is 11.1 Å². The van der Waals surface area contributed by atoms with Crippen LogP contribution in [0.1, 0.15) is 6.92 Å². The fraction of sp³-hybridized carbons (Fsp3) is 0.429. The maximum atomic E-state index is 8.63. The van der Waals surface area contributed by atoms with E-state index in [4.69, 9.17) is 28.5 Å². The first kappa shape index (κ1) is 8.58. The van der Waals surface area contributed by atoms with E-state index >= 15 is 0 Å². The molecule has 0 fully saturated rings. The van der Waals surface area contributed by atoms with Gasteiger partial charge in [0.1, 0.15) is 0 Å². The van der Waals surface area contributed by atoms with Gasteiger partial charge in [-0.25, -0.2) is 0 Å². The second-order valence-corrected chi connectivity index (χ2v) is 3.42. The van der Waals surface area contributed by atoms with Crippen LogP contribution < -0.4 is 0 Å². The van der Waals surface area contributed by atoms with Crippen molar-refractivity contribution in [3.63, 3.8) is 0 Å². The van der Waals surface area contributed by atoms with Crippen molar-refractivity contribution < 1.29 is 0 Å². The van der Waals surface area contributed by atoms with E-state index in [-0.39, 0.29) is 6.54 Å². The monoisotopic (exact) mass is 188 g/mol. The Morgan fingerprint density at radius 2 is 2.45 bits per heavy atom. The number of halogens is 2. The van der Waals surface area contributed by atoms with Crippen LogP contribution in [0.2, 0.25) is 0 Å². The Hall–Kier alpha value is -0.520. The minimum absolute atomic E-state index is 0.242. The predicted octanol–water partition coefficient (Wildman–Crippen LogP) is 2.08. The van der Waals surface area contributed by atoms with Crippen molar-refractivity contribution >= 4 is 28.9 Å². The molecular weight excluding hydrogens is 183 g/mol. The van der Waals surface area contributed by atoms with Gasteiger partial charge in [0.05, 0.1) is 17.6 Å². The summed E-state index contributed by atoms with van der Waals surface area (Å²) in [4.78, 5) is 2.88. The number of hydrogen-bond acceptors (Lipinski definition) is 2. The van der Waals surface area contributed by atoms with E-state index in [9.17, 15) is 0 Å². The number of rotatable bonds is 0. The summed E-state index contributed by atoms with van der Waals surface area (Å²) >= 11 is 11.6. The average Bonchev–Trinajstić information content (AvgIpc) is 1.98. The van der Waals surface area contributed by atoms with E-state index in [0.717, 1.165) is 5.71 Å². The van der Waals surface area contributed by atoms with Crippen molar-refractivity contribution in [2.75, 3.05) is 6.54 Å². The Balaban J connectivity index is 2.99. The molecule has 0 aliphatic carbocycles. The molecule has 0 aromatic carbocycles. The summed E-state index contributed by atoms with van der Waals surface area (Å²) < 4.78 is 0. The molecule has 0 bridgehead atoms. The molecule has 0 amide bonds. The van der Waals surface area contributed by atoms with Crippen LogP contribution in [0.5, 0.6) is 0 Å². The molecule has 1 rings (SSSR count). The first-order valence-corrected chi connectivity index (χ1v) is 3.83. The van der Waals surface area contributed by atoms with Crippen molar-refractivity contribution in [3.8, 4) is 6.07 Å². The van der Waals surface area contributed by atoms with Gasteiger partial charge < -0.3 is 0 Å². The molecule has 0 spiro atoms. The van der Waals surface area contributed by atoms with Gasteiger partial charge in [0.2, 0.25) is 0 Å². The number of nitriles is 1. The molecule has 0 aromatic rings. The normalized spacial score (nSPS) is 30.4. The zero-order valence-electron chi connectivity index (χ0n) is 5.93. The molecule has 1 unspecified atom stereocenters. The molecule has 58 valence electrons. The fourth-order valence-corrected chi connectivity index (χ4v) is 1.12. The molecule has 0 saturated carbocycles. The Bertz CT molecular complexity index is 275. The quantitative estimate of drug-likeness (QED) is 0.537. The van der Waals surface area contributed by atoms with Crippen molar-refractivity contribution in [2.45, 2.75) is 11.8 Å². The molecule has 4 heteroatoms. The molecular formula is C7H6Cl2N2. The molecule has 1 atom stereocenters. The lowest BCUT2D eigenvalue weighted by molar-refractivity contribution is 0.849. The third-order valence-corrected chi connectivity index (χ3v) is 2.37. The lowest BCUT2D eigenvalue weighted by Crippen LogP contribution is -2.27. The van der Waals surface area contributed by atoms with E-state index < -0.39 is 4.87 Å². The van der Waals surface area contributed by atoms with Gasteiger partial charge in [-0.3, -0.25) is 4.99 Å². The van der Waals surface area contributed by atoms with Crippen LogP contribution in [0.3, 0.4) is 0 Å². The minimum atomic E-state index is -1.12. The van der Waals surface area contributed by atoms with Crippen LogP contribution in [-0.2, 0) is 0 Å². The van der Waals surface area contributed by atoms with E-state index in [1.54, 1.807) is 6.08 Å². The Morgan fingerprint density at radius 1 is 1.82 bits per heavy atom. The van der Waals surface area contributed by atoms with Gasteiger partial charge in [0, 0.05) is 5.71 Å². The number of alkyl halides is 1. The Morgan fingerprint density at radius 3 is 2.91 bits per heavy atom. The zero-order chi connectivity index (χ0) is 8.48. The highest BCUT2D eigenvalue weighted by Gasteiger charge is 2.33. The van der Waals surface area contributed by atoms with Crippen molar-refractivity contribution in [1.82, 2.24) is 0 Å². The number of aliphatic imine (C=N–C) groups is 1. The average molecular weight is 189 g/mol. The fourth-order valence-electron chi connectivity index (χ4n) is 0.741. The summed E-state index contributed by atoms with van der Waals surface area (Å²) in [6.07, 6.45) is 1.61. The summed E-state index contributed by atoms with van der Waals surface area (Å²) in [7, 11) is 0. The second-order valence-electron chi connectivity index (χ2n) is 2.36. The molecule has 1 heterocycles. The summed E-state index contributed by atoms with van der Waals surface area (Å²) in [6.45, 7) is 2.06. The van der Waals surface area contributed by atoms with Gasteiger partial charge in [-0.1, -0.05) is 23.2 Å². The van der Waals surface area contributed by atoms with Crippen LogP contribution in [-0.4, -0.2) is 17.1 Å². The highest BCUT2D eigenvalue weighted by Crippen LogP contribution is 2.30. The number of nitrogens with zero attached hydrogens (tertiary/aromatic N) is 2. The third kappa shape index (κ3) is 1.55. The lowest BCUT2D eigenvalue weighted by Gasteiger charge is -2.19. The van der Waals surface area contributed by atoms with E-state index in [1.165, 1.54) is 0 Å². The largest absolute Gasteiger partial charge is 0.287 e. The minimum Gasteiger partial charge on any atom is -0.287 e. The molecule has 1 aliphatic rings. The van der Waals surface area contributed by atoms with Gasteiger partial charge >= 0.3 is 0 Å². The smallest absolute Gasteiger partial charge is 0.185 e. The summed E-state index contributed by atoms with van der Waals surface area (Å²) in [6, 6.07) is 1.91. The molecule has 11 heavy (non-hydrogen) atoms. The first-order chi connectivity index (χ1) is 5.08. The summed E-state index contributed by atoms with van der Waals surface area (Å²) in [5.41, 5.74) is 0.807. The summed E-state index contributed by atoms with van der Waals surface area (Å²) in [5, 5.41) is 8.99. The van der Waals surface area contributed by atoms with Crippen LogP contribution in [0.4, 0.5) is 0 Å². The standard InChI is InChI=1S/C7H6Cl2N2/c1-5-2-6(8)7(9,3-10)4-11-5/h2H,4H2,1H3. The highest BCUT2D eigenvalue weighted by atomic mass is 35.5. The van der Waals surface area contributed by atoms with E-state index in [1.807, 2.05) is 13.0 Å². The molecule has 2 nitrogen and oxygen atoms in total. The van der Waals surface area contributed by atoms with Crippen molar-refractivity contribution in [2.24, 2.45) is 4.99 Å². The van der Waals surface area contributed by atoms with Crippen LogP contribution >= 0.6 is 23.2 Å². The van der Waals surface area contributed by atoms with Crippen LogP contribution in [0, 0.1) is 11.3 Å². The second kappa shape index (κ2) is 2.84. The molecule has 0 N–H and O–H groups in total. The van der Waals surface area contributed by atoms with Gasteiger partial charge in [-0.15, -0.1) is 0 Å². The molecule has 0 radical (unpaired) electrons. The number of allylic oxidation sites excluding steroid dienone is 1. The van der Waals surface area contributed by atoms with Gasteiger partial charge in [-0.05, 0) is 13.0 Å². The Kier molecular flexibility index (Phi) is 2.22. The molecule has 0 aromatic heterocycles.